The third kappa shape index (κ3) is 2.70. The van der Waals surface area contributed by atoms with Gasteiger partial charge in [-0.2, -0.15) is 0 Å². The van der Waals surface area contributed by atoms with Crippen LogP contribution in [0.5, 0.6) is 0 Å². The van der Waals surface area contributed by atoms with Gasteiger partial charge in [0.2, 0.25) is 5.56 Å². The number of ether oxygens (including phenoxy) is 1. The van der Waals surface area contributed by atoms with Crippen LogP contribution in [0.2, 0.25) is 0 Å². The van der Waals surface area contributed by atoms with Crippen LogP contribution in [-0.2, 0) is 4.74 Å². The van der Waals surface area contributed by atoms with E-state index in [1.54, 1.807) is 12.1 Å². The first-order valence-corrected chi connectivity index (χ1v) is 5.31. The van der Waals surface area contributed by atoms with Crippen LogP contribution in [0.1, 0.15) is 16.9 Å². The molecule has 0 radical (unpaired) electrons. The van der Waals surface area contributed by atoms with Gasteiger partial charge in [0, 0.05) is 25.1 Å². The molecule has 1 amide bonds. The normalized spacial score (nSPS) is 19.6. The van der Waals surface area contributed by atoms with E-state index in [2.05, 4.69) is 10.3 Å². The number of amides is 1. The lowest BCUT2D eigenvalue weighted by Crippen LogP contribution is -2.31. The summed E-state index contributed by atoms with van der Waals surface area (Å²) in [5.74, 6) is 0.143. The fraction of sp³-hybridized carbons (Fsp3) is 0.455. The summed E-state index contributed by atoms with van der Waals surface area (Å²) in [4.78, 5) is 25.1. The van der Waals surface area contributed by atoms with Gasteiger partial charge in [0.1, 0.15) is 5.69 Å². The quantitative estimate of drug-likeness (QED) is 0.764. The predicted octanol–water partition coefficient (Wildman–Crippen LogP) is 0.141. The van der Waals surface area contributed by atoms with Gasteiger partial charge in [0.15, 0.2) is 0 Å². The Kier molecular flexibility index (Phi) is 3.36. The molecular weight excluding hydrogens is 208 g/mol. The van der Waals surface area contributed by atoms with Crippen LogP contribution in [0.4, 0.5) is 0 Å². The molecule has 0 bridgehead atoms. The van der Waals surface area contributed by atoms with E-state index in [9.17, 15) is 9.59 Å². The Morgan fingerprint density at radius 2 is 2.44 bits per heavy atom. The molecule has 1 aromatic heterocycles. The van der Waals surface area contributed by atoms with E-state index in [0.29, 0.717) is 24.8 Å². The monoisotopic (exact) mass is 222 g/mol. The zero-order valence-corrected chi connectivity index (χ0v) is 8.86. The van der Waals surface area contributed by atoms with Crippen molar-refractivity contribution < 1.29 is 9.53 Å². The minimum absolute atomic E-state index is 0.246. The number of aromatic nitrogens is 1. The van der Waals surface area contributed by atoms with Gasteiger partial charge < -0.3 is 15.0 Å². The van der Waals surface area contributed by atoms with Crippen molar-refractivity contribution in [3.05, 3.63) is 34.2 Å². The SMILES string of the molecule is O=C(NCC1CCOC1)c1cccc(=O)[nH]1. The summed E-state index contributed by atoms with van der Waals surface area (Å²) in [5, 5.41) is 2.78. The van der Waals surface area contributed by atoms with Gasteiger partial charge in [0.05, 0.1) is 6.61 Å². The van der Waals surface area contributed by atoms with E-state index in [0.717, 1.165) is 13.0 Å². The molecule has 1 saturated heterocycles. The summed E-state index contributed by atoms with van der Waals surface area (Å²) >= 11 is 0. The van der Waals surface area contributed by atoms with Gasteiger partial charge in [-0.25, -0.2) is 0 Å². The van der Waals surface area contributed by atoms with Gasteiger partial charge in [-0.15, -0.1) is 0 Å². The minimum atomic E-state index is -0.267. The second kappa shape index (κ2) is 4.94. The highest BCUT2D eigenvalue weighted by atomic mass is 16.5. The summed E-state index contributed by atoms with van der Waals surface area (Å²) in [6.07, 6.45) is 0.978. The van der Waals surface area contributed by atoms with Gasteiger partial charge in [-0.1, -0.05) is 6.07 Å². The van der Waals surface area contributed by atoms with Crippen LogP contribution >= 0.6 is 0 Å². The molecular formula is C11H14N2O3. The molecule has 0 aromatic carbocycles. The zero-order valence-electron chi connectivity index (χ0n) is 8.86. The first kappa shape index (κ1) is 10.9. The number of nitrogens with one attached hydrogen (secondary N) is 2. The smallest absolute Gasteiger partial charge is 0.267 e. The number of rotatable bonds is 3. The van der Waals surface area contributed by atoms with Crippen molar-refractivity contribution in [2.24, 2.45) is 5.92 Å². The fourth-order valence-electron chi connectivity index (χ4n) is 1.66. The van der Waals surface area contributed by atoms with E-state index >= 15 is 0 Å². The third-order valence-electron chi connectivity index (χ3n) is 2.59. The molecule has 5 nitrogen and oxygen atoms in total. The van der Waals surface area contributed by atoms with Crippen LogP contribution in [-0.4, -0.2) is 30.6 Å². The molecule has 1 fully saturated rings. The Hall–Kier alpha value is -1.62. The molecule has 16 heavy (non-hydrogen) atoms. The molecule has 86 valence electrons. The lowest BCUT2D eigenvalue weighted by atomic mass is 10.1. The second-order valence-electron chi connectivity index (χ2n) is 3.87. The molecule has 0 saturated carbocycles. The highest BCUT2D eigenvalue weighted by Crippen LogP contribution is 2.10. The van der Waals surface area contributed by atoms with Crippen molar-refractivity contribution >= 4 is 5.91 Å². The van der Waals surface area contributed by atoms with E-state index < -0.39 is 0 Å². The molecule has 1 aliphatic rings. The summed E-state index contributed by atoms with van der Waals surface area (Å²) < 4.78 is 5.21. The van der Waals surface area contributed by atoms with Gasteiger partial charge in [-0.05, 0) is 12.5 Å². The number of carbonyl (C=O) groups excluding carboxylic acids is 1. The molecule has 1 aliphatic heterocycles. The highest BCUT2D eigenvalue weighted by Gasteiger charge is 2.16. The van der Waals surface area contributed by atoms with Crippen molar-refractivity contribution in [2.45, 2.75) is 6.42 Å². The molecule has 0 spiro atoms. The molecule has 1 aromatic rings. The average Bonchev–Trinajstić information content (AvgIpc) is 2.78. The van der Waals surface area contributed by atoms with Crippen LogP contribution in [0.15, 0.2) is 23.0 Å². The molecule has 1 atom stereocenters. The maximum Gasteiger partial charge on any atom is 0.267 e. The van der Waals surface area contributed by atoms with E-state index in [4.69, 9.17) is 4.74 Å². The number of hydrogen-bond donors (Lipinski definition) is 2. The highest BCUT2D eigenvalue weighted by molar-refractivity contribution is 5.92. The first-order chi connectivity index (χ1) is 7.75. The van der Waals surface area contributed by atoms with Crippen molar-refractivity contribution in [1.82, 2.24) is 10.3 Å². The van der Waals surface area contributed by atoms with E-state index in [-0.39, 0.29) is 11.5 Å². The third-order valence-corrected chi connectivity index (χ3v) is 2.59. The van der Waals surface area contributed by atoms with Crippen molar-refractivity contribution in [1.29, 1.82) is 0 Å². The Labute approximate surface area is 92.8 Å². The van der Waals surface area contributed by atoms with Crippen molar-refractivity contribution in [3.8, 4) is 0 Å². The molecule has 0 aliphatic carbocycles. The standard InChI is InChI=1S/C11H14N2O3/c14-10-3-1-2-9(13-10)11(15)12-6-8-4-5-16-7-8/h1-3,8H,4-7H2,(H,12,15)(H,13,14). The van der Waals surface area contributed by atoms with Gasteiger partial charge >= 0.3 is 0 Å². The largest absolute Gasteiger partial charge is 0.381 e. The Morgan fingerprint density at radius 3 is 3.12 bits per heavy atom. The lowest BCUT2D eigenvalue weighted by Gasteiger charge is -2.08. The van der Waals surface area contributed by atoms with Crippen molar-refractivity contribution in [2.75, 3.05) is 19.8 Å². The zero-order chi connectivity index (χ0) is 11.4. The number of pyridine rings is 1. The number of aromatic amines is 1. The molecule has 2 N–H and O–H groups in total. The van der Waals surface area contributed by atoms with E-state index in [1.165, 1.54) is 6.07 Å². The molecule has 2 heterocycles. The molecule has 2 rings (SSSR count). The number of hydrogen-bond acceptors (Lipinski definition) is 3. The topological polar surface area (TPSA) is 71.2 Å². The lowest BCUT2D eigenvalue weighted by molar-refractivity contribution is 0.0939. The summed E-state index contributed by atoms with van der Waals surface area (Å²) in [7, 11) is 0. The molecule has 5 heteroatoms. The summed E-state index contributed by atoms with van der Waals surface area (Å²) in [5.41, 5.74) is 0.0308. The predicted molar refractivity (Wildman–Crippen MR) is 58.3 cm³/mol. The van der Waals surface area contributed by atoms with Crippen LogP contribution in [0.25, 0.3) is 0 Å². The van der Waals surface area contributed by atoms with Crippen molar-refractivity contribution in [3.63, 3.8) is 0 Å². The van der Waals surface area contributed by atoms with Crippen LogP contribution in [0, 0.1) is 5.92 Å². The number of carbonyl (C=O) groups is 1. The average molecular weight is 222 g/mol. The Balaban J connectivity index is 1.90. The van der Waals surface area contributed by atoms with Crippen LogP contribution in [0.3, 0.4) is 0 Å². The maximum atomic E-state index is 11.6. The summed E-state index contributed by atoms with van der Waals surface area (Å²) in [6, 6.07) is 4.52. The van der Waals surface area contributed by atoms with E-state index in [1.807, 2.05) is 0 Å². The Bertz CT molecular complexity index is 421. The van der Waals surface area contributed by atoms with Crippen LogP contribution < -0.4 is 10.9 Å². The molecule has 1 unspecified atom stereocenters. The fourth-order valence-corrected chi connectivity index (χ4v) is 1.66. The Morgan fingerprint density at radius 1 is 1.56 bits per heavy atom. The maximum absolute atomic E-state index is 11.6. The van der Waals surface area contributed by atoms with Gasteiger partial charge in [-0.3, -0.25) is 9.59 Å². The number of H-pyrrole nitrogens is 1. The minimum Gasteiger partial charge on any atom is -0.381 e. The summed E-state index contributed by atoms with van der Waals surface area (Å²) in [6.45, 7) is 2.06. The second-order valence-corrected chi connectivity index (χ2v) is 3.87. The first-order valence-electron chi connectivity index (χ1n) is 5.31. The van der Waals surface area contributed by atoms with Gasteiger partial charge in [0.25, 0.3) is 5.91 Å².